The Balaban J connectivity index is 1.35. The van der Waals surface area contributed by atoms with Gasteiger partial charge in [-0.2, -0.15) is 5.10 Å². The molecule has 2 N–H and O–H groups in total. The van der Waals surface area contributed by atoms with Crippen molar-refractivity contribution in [1.29, 1.82) is 0 Å². The third-order valence-corrected chi connectivity index (χ3v) is 6.59. The van der Waals surface area contributed by atoms with E-state index in [0.717, 1.165) is 74.4 Å². The number of aromatic nitrogens is 2. The highest BCUT2D eigenvalue weighted by Crippen LogP contribution is 2.26. The molecule has 1 amide bonds. The van der Waals surface area contributed by atoms with Crippen LogP contribution in [0, 0.1) is 0 Å². The molecule has 4 rings (SSSR count). The third-order valence-electron chi connectivity index (χ3n) is 6.59. The largest absolute Gasteiger partial charge is 0.402 e. The second-order valence-corrected chi connectivity index (χ2v) is 9.31. The molecular formula is C24H36N6O. The molecule has 0 aromatic carbocycles. The zero-order chi connectivity index (χ0) is 22.0. The van der Waals surface area contributed by atoms with Crippen molar-refractivity contribution in [2.45, 2.75) is 52.1 Å². The molecule has 7 heteroatoms. The van der Waals surface area contributed by atoms with Crippen LogP contribution in [0.3, 0.4) is 0 Å². The van der Waals surface area contributed by atoms with Crippen molar-refractivity contribution < 1.29 is 4.79 Å². The van der Waals surface area contributed by atoms with E-state index in [1.807, 2.05) is 30.7 Å². The first-order chi connectivity index (χ1) is 14.9. The topological polar surface area (TPSA) is 70.6 Å². The SMILES string of the molecule is C=C(C)/C=C(\C=C(\C)N)n1cc2c(n1)CCN(CC(=O)N1CCN(C3CCC3)CC1)C2. The van der Waals surface area contributed by atoms with Crippen LogP contribution < -0.4 is 5.73 Å². The van der Waals surface area contributed by atoms with E-state index in [0.29, 0.717) is 6.54 Å². The second-order valence-electron chi connectivity index (χ2n) is 9.31. The van der Waals surface area contributed by atoms with Crippen molar-refractivity contribution in [2.75, 3.05) is 39.3 Å². The summed E-state index contributed by atoms with van der Waals surface area (Å²) in [5.41, 5.74) is 10.8. The first-order valence-electron chi connectivity index (χ1n) is 11.5. The number of fused-ring (bicyclic) bond motifs is 1. The van der Waals surface area contributed by atoms with Crippen molar-refractivity contribution in [3.8, 4) is 0 Å². The van der Waals surface area contributed by atoms with Crippen LogP contribution in [0.4, 0.5) is 0 Å². The fourth-order valence-electron chi connectivity index (χ4n) is 4.68. The van der Waals surface area contributed by atoms with Gasteiger partial charge < -0.3 is 10.6 Å². The van der Waals surface area contributed by atoms with Crippen molar-refractivity contribution in [3.63, 3.8) is 0 Å². The number of piperazine rings is 1. The van der Waals surface area contributed by atoms with Crippen LogP contribution in [0.5, 0.6) is 0 Å². The number of hydrogen-bond donors (Lipinski definition) is 1. The number of amides is 1. The third kappa shape index (κ3) is 5.28. The first kappa shape index (κ1) is 21.8. The van der Waals surface area contributed by atoms with E-state index >= 15 is 0 Å². The highest BCUT2D eigenvalue weighted by atomic mass is 16.2. The lowest BCUT2D eigenvalue weighted by atomic mass is 9.91. The Kier molecular flexibility index (Phi) is 6.62. The van der Waals surface area contributed by atoms with Crippen LogP contribution in [-0.2, 0) is 17.8 Å². The van der Waals surface area contributed by atoms with Gasteiger partial charge in [-0.3, -0.25) is 14.6 Å². The number of nitrogens with two attached hydrogens (primary N) is 1. The Hall–Kier alpha value is -2.38. The number of rotatable bonds is 6. The predicted octanol–water partition coefficient (Wildman–Crippen LogP) is 2.22. The molecule has 1 aromatic rings. The summed E-state index contributed by atoms with van der Waals surface area (Å²) in [6.45, 7) is 13.7. The van der Waals surface area contributed by atoms with Gasteiger partial charge in [0.2, 0.25) is 5.91 Å². The standard InChI is InChI=1S/C24H36N6O/c1-18(2)13-22(14-19(3)25)30-16-20-15-27(8-7-23(20)26-30)17-24(31)29-11-9-28(10-12-29)21-5-4-6-21/h13-14,16,21H,1,4-12,15,17,25H2,2-3H3/b19-14-,22-13+. The predicted molar refractivity (Wildman–Crippen MR) is 124 cm³/mol. The van der Waals surface area contributed by atoms with Gasteiger partial charge in [-0.25, -0.2) is 4.68 Å². The second kappa shape index (κ2) is 9.40. The number of carbonyl (C=O) groups is 1. The average molecular weight is 425 g/mol. The van der Waals surface area contributed by atoms with E-state index in [1.165, 1.54) is 24.8 Å². The summed E-state index contributed by atoms with van der Waals surface area (Å²) in [5.74, 6) is 0.258. The monoisotopic (exact) mass is 424 g/mol. The van der Waals surface area contributed by atoms with E-state index < -0.39 is 0 Å². The zero-order valence-electron chi connectivity index (χ0n) is 19.0. The maximum absolute atomic E-state index is 12.9. The van der Waals surface area contributed by atoms with Crippen molar-refractivity contribution in [2.24, 2.45) is 5.73 Å². The molecule has 168 valence electrons. The summed E-state index contributed by atoms with van der Waals surface area (Å²) in [7, 11) is 0. The summed E-state index contributed by atoms with van der Waals surface area (Å²) in [5, 5.41) is 4.78. The Morgan fingerprint density at radius 1 is 1.19 bits per heavy atom. The number of hydrogen-bond acceptors (Lipinski definition) is 5. The molecule has 1 aliphatic carbocycles. The summed E-state index contributed by atoms with van der Waals surface area (Å²) < 4.78 is 1.89. The normalized spacial score (nSPS) is 21.7. The molecule has 1 saturated heterocycles. The van der Waals surface area contributed by atoms with Gasteiger partial charge in [0.25, 0.3) is 0 Å². The molecule has 0 unspecified atom stereocenters. The Morgan fingerprint density at radius 2 is 1.94 bits per heavy atom. The van der Waals surface area contributed by atoms with Crippen LogP contribution >= 0.6 is 0 Å². The summed E-state index contributed by atoms with van der Waals surface area (Å²) in [6.07, 6.45) is 10.9. The molecule has 0 spiro atoms. The summed E-state index contributed by atoms with van der Waals surface area (Å²) in [6, 6.07) is 0.774. The van der Waals surface area contributed by atoms with Crippen LogP contribution in [-0.4, -0.2) is 75.7 Å². The van der Waals surface area contributed by atoms with Crippen molar-refractivity contribution in [3.05, 3.63) is 47.5 Å². The maximum atomic E-state index is 12.9. The minimum atomic E-state index is 0.258. The van der Waals surface area contributed by atoms with E-state index in [-0.39, 0.29) is 5.91 Å². The molecule has 2 aliphatic heterocycles. The fourth-order valence-corrected chi connectivity index (χ4v) is 4.68. The van der Waals surface area contributed by atoms with Crippen LogP contribution in [0.2, 0.25) is 0 Å². The first-order valence-corrected chi connectivity index (χ1v) is 11.5. The van der Waals surface area contributed by atoms with E-state index in [1.54, 1.807) is 0 Å². The molecule has 3 aliphatic rings. The molecule has 1 aromatic heterocycles. The molecule has 0 bridgehead atoms. The van der Waals surface area contributed by atoms with Crippen molar-refractivity contribution >= 4 is 11.6 Å². The molecule has 3 heterocycles. The lowest BCUT2D eigenvalue weighted by Gasteiger charge is -2.43. The van der Waals surface area contributed by atoms with Gasteiger partial charge in [0.05, 0.1) is 17.9 Å². The van der Waals surface area contributed by atoms with Crippen LogP contribution in [0.25, 0.3) is 5.70 Å². The van der Waals surface area contributed by atoms with Gasteiger partial charge in [0, 0.05) is 69.2 Å². The van der Waals surface area contributed by atoms with E-state index in [2.05, 4.69) is 27.5 Å². The molecule has 31 heavy (non-hydrogen) atoms. The van der Waals surface area contributed by atoms with Gasteiger partial charge in [0.15, 0.2) is 0 Å². The lowest BCUT2D eigenvalue weighted by Crippen LogP contribution is -2.55. The number of nitrogens with zero attached hydrogens (tertiary/aromatic N) is 5. The van der Waals surface area contributed by atoms with Gasteiger partial charge in [-0.15, -0.1) is 0 Å². The van der Waals surface area contributed by atoms with Gasteiger partial charge in [-0.05, 0) is 38.8 Å². The Bertz CT molecular complexity index is 882. The Morgan fingerprint density at radius 3 is 2.55 bits per heavy atom. The molecule has 7 nitrogen and oxygen atoms in total. The fraction of sp³-hybridized carbons (Fsp3) is 0.583. The molecule has 2 fully saturated rings. The summed E-state index contributed by atoms with van der Waals surface area (Å²) >= 11 is 0. The molecular weight excluding hydrogens is 388 g/mol. The van der Waals surface area contributed by atoms with Crippen LogP contribution in [0.1, 0.15) is 44.4 Å². The maximum Gasteiger partial charge on any atom is 0.236 e. The van der Waals surface area contributed by atoms with E-state index in [9.17, 15) is 4.79 Å². The van der Waals surface area contributed by atoms with Crippen LogP contribution in [0.15, 0.2) is 36.2 Å². The quantitative estimate of drug-likeness (QED) is 0.709. The molecule has 1 saturated carbocycles. The smallest absolute Gasteiger partial charge is 0.236 e. The minimum Gasteiger partial charge on any atom is -0.402 e. The highest BCUT2D eigenvalue weighted by molar-refractivity contribution is 5.78. The molecule has 0 atom stereocenters. The highest BCUT2D eigenvalue weighted by Gasteiger charge is 2.30. The molecule has 0 radical (unpaired) electrons. The Labute approximate surface area is 185 Å². The van der Waals surface area contributed by atoms with E-state index in [4.69, 9.17) is 10.8 Å². The van der Waals surface area contributed by atoms with Crippen molar-refractivity contribution in [1.82, 2.24) is 24.5 Å². The van der Waals surface area contributed by atoms with Gasteiger partial charge in [-0.1, -0.05) is 18.6 Å². The number of allylic oxidation sites excluding steroid dienone is 5. The lowest BCUT2D eigenvalue weighted by molar-refractivity contribution is -0.135. The van der Waals surface area contributed by atoms with Gasteiger partial charge >= 0.3 is 0 Å². The zero-order valence-corrected chi connectivity index (χ0v) is 19.0. The average Bonchev–Trinajstić information content (AvgIpc) is 3.09. The minimum absolute atomic E-state index is 0.258. The summed E-state index contributed by atoms with van der Waals surface area (Å²) in [4.78, 5) is 19.8. The number of carbonyl (C=O) groups excluding carboxylic acids is 1. The van der Waals surface area contributed by atoms with Gasteiger partial charge in [0.1, 0.15) is 0 Å².